The summed E-state index contributed by atoms with van der Waals surface area (Å²) < 4.78 is 5.74. The maximum Gasteiger partial charge on any atom is 0.158 e. The number of ketones is 1. The molecule has 6 rings (SSSR count). The number of aliphatic hydroxyl groups is 1. The zero-order valence-electron chi connectivity index (χ0n) is 20.5. The molecule has 7 heteroatoms. The number of nitrogens with one attached hydrogen (secondary N) is 1. The van der Waals surface area contributed by atoms with Crippen LogP contribution in [0.25, 0.3) is 33.5 Å². The maximum absolute atomic E-state index is 11.6. The van der Waals surface area contributed by atoms with Gasteiger partial charge in [0.05, 0.1) is 12.6 Å². The lowest BCUT2D eigenvalue weighted by Crippen LogP contribution is -2.09. The molecule has 36 heavy (non-hydrogen) atoms. The van der Waals surface area contributed by atoms with Gasteiger partial charge >= 0.3 is 0 Å². The predicted octanol–water partition coefficient (Wildman–Crippen LogP) is 5.02. The lowest BCUT2D eigenvalue weighted by Gasteiger charge is -2.12. The minimum Gasteiger partial charge on any atom is -0.494 e. The second-order valence-corrected chi connectivity index (χ2v) is 10.1. The lowest BCUT2D eigenvalue weighted by molar-refractivity contribution is -0.122. The van der Waals surface area contributed by atoms with Gasteiger partial charge in [-0.1, -0.05) is 18.2 Å². The minimum atomic E-state index is -0.361. The van der Waals surface area contributed by atoms with Crippen LogP contribution in [-0.4, -0.2) is 44.8 Å². The Balaban J connectivity index is 1.31. The number of H-pyrrole nitrogens is 1. The van der Waals surface area contributed by atoms with Crippen molar-refractivity contribution in [2.75, 3.05) is 13.7 Å². The van der Waals surface area contributed by atoms with E-state index in [0.717, 1.165) is 77.1 Å². The number of pyridine rings is 2. The van der Waals surface area contributed by atoms with Gasteiger partial charge in [0.1, 0.15) is 29.3 Å². The number of ether oxygens (including phenoxy) is 1. The molecule has 3 aromatic heterocycles. The summed E-state index contributed by atoms with van der Waals surface area (Å²) in [4.78, 5) is 21.5. The Kier molecular flexibility index (Phi) is 6.01. The average Bonchev–Trinajstić information content (AvgIpc) is 3.67. The molecule has 2 atom stereocenters. The fraction of sp³-hybridized carbons (Fsp3) is 0.379. The number of fused-ring (bicyclic) bond motifs is 2. The molecule has 1 fully saturated rings. The molecule has 0 radical (unpaired) electrons. The zero-order valence-corrected chi connectivity index (χ0v) is 20.5. The number of aryl methyl sites for hydroxylation is 1. The first kappa shape index (κ1) is 22.9. The van der Waals surface area contributed by atoms with Crippen LogP contribution in [0.2, 0.25) is 0 Å². The fourth-order valence-electron chi connectivity index (χ4n) is 6.02. The summed E-state index contributed by atoms with van der Waals surface area (Å²) in [5.74, 6) is 1.35. The number of carbonyl (C=O) groups excluding carboxylic acids is 1. The highest BCUT2D eigenvalue weighted by Crippen LogP contribution is 2.41. The van der Waals surface area contributed by atoms with Crippen molar-refractivity contribution in [1.29, 1.82) is 0 Å². The Labute approximate surface area is 210 Å². The fourth-order valence-corrected chi connectivity index (χ4v) is 6.02. The average molecular weight is 483 g/mol. The number of aromatic amines is 1. The van der Waals surface area contributed by atoms with Gasteiger partial charge in [-0.3, -0.25) is 14.9 Å². The molecule has 1 aromatic carbocycles. The van der Waals surface area contributed by atoms with E-state index in [1.54, 1.807) is 7.11 Å². The molecule has 2 aliphatic rings. The Morgan fingerprint density at radius 3 is 2.89 bits per heavy atom. The number of methoxy groups -OCH3 is 1. The van der Waals surface area contributed by atoms with Gasteiger partial charge in [-0.15, -0.1) is 0 Å². The molecule has 4 aromatic rings. The van der Waals surface area contributed by atoms with Crippen molar-refractivity contribution in [2.45, 2.75) is 50.9 Å². The number of nitrogens with zero attached hydrogens (tertiary/aromatic N) is 3. The molecule has 0 spiro atoms. The van der Waals surface area contributed by atoms with E-state index in [2.05, 4.69) is 40.5 Å². The van der Waals surface area contributed by atoms with Crippen LogP contribution in [0.15, 0.2) is 42.6 Å². The number of aromatic nitrogens is 4. The third-order valence-corrected chi connectivity index (χ3v) is 7.83. The van der Waals surface area contributed by atoms with Gasteiger partial charge in [-0.25, -0.2) is 4.98 Å². The number of hydrogen-bond acceptors (Lipinski definition) is 6. The molecule has 184 valence electrons. The van der Waals surface area contributed by atoms with E-state index in [4.69, 9.17) is 19.8 Å². The quantitative estimate of drug-likeness (QED) is 0.384. The SMILES string of the molecule is COc1cc2[nH]nc(-c3ccc(C4CCC(CC(=O)CO)C4)nc3)c2nc1-c1cccc2c1CCC2. The van der Waals surface area contributed by atoms with Crippen molar-refractivity contribution in [3.8, 4) is 28.3 Å². The normalized spacial score (nSPS) is 19.1. The smallest absolute Gasteiger partial charge is 0.158 e. The van der Waals surface area contributed by atoms with E-state index in [1.807, 2.05) is 12.3 Å². The molecule has 2 unspecified atom stereocenters. The van der Waals surface area contributed by atoms with Gasteiger partial charge in [0.2, 0.25) is 0 Å². The standard InChI is InChI=1S/C29H30N4O3/c1-36-26-14-25-29(31-28(26)23-7-3-5-18-4-2-6-22(18)23)27(33-32-25)20-10-11-24(30-15-20)19-9-8-17(12-19)13-21(35)16-34/h3,5,7,10-11,14-15,17,19,34H,2,4,6,8-9,12-13,16H2,1H3,(H,32,33). The molecule has 2 aliphatic carbocycles. The van der Waals surface area contributed by atoms with Gasteiger partial charge in [-0.2, -0.15) is 5.10 Å². The van der Waals surface area contributed by atoms with Crippen molar-refractivity contribution in [1.82, 2.24) is 20.2 Å². The van der Waals surface area contributed by atoms with Gasteiger partial charge < -0.3 is 9.84 Å². The third-order valence-electron chi connectivity index (χ3n) is 7.83. The monoisotopic (exact) mass is 482 g/mol. The van der Waals surface area contributed by atoms with Gasteiger partial charge in [0, 0.05) is 41.4 Å². The molecule has 0 bridgehead atoms. The molecule has 2 N–H and O–H groups in total. The van der Waals surface area contributed by atoms with Crippen molar-refractivity contribution >= 4 is 16.8 Å². The van der Waals surface area contributed by atoms with Crippen LogP contribution in [0.4, 0.5) is 0 Å². The Bertz CT molecular complexity index is 1430. The Hall–Kier alpha value is -3.58. The van der Waals surface area contributed by atoms with E-state index in [9.17, 15) is 4.79 Å². The number of carbonyl (C=O) groups is 1. The van der Waals surface area contributed by atoms with Gasteiger partial charge in [0.15, 0.2) is 5.78 Å². The summed E-state index contributed by atoms with van der Waals surface area (Å²) in [5, 5.41) is 16.7. The molecule has 3 heterocycles. The predicted molar refractivity (Wildman–Crippen MR) is 138 cm³/mol. The van der Waals surface area contributed by atoms with E-state index in [1.165, 1.54) is 17.5 Å². The second-order valence-electron chi connectivity index (χ2n) is 10.1. The molecule has 0 amide bonds. The molecule has 0 saturated heterocycles. The van der Waals surface area contributed by atoms with Crippen LogP contribution >= 0.6 is 0 Å². The largest absolute Gasteiger partial charge is 0.494 e. The number of benzene rings is 1. The Morgan fingerprint density at radius 2 is 2.08 bits per heavy atom. The number of Topliss-reactive ketones (excluding diaryl/α,β-unsaturated/α-hetero) is 1. The van der Waals surface area contributed by atoms with Crippen LogP contribution in [-0.2, 0) is 17.6 Å². The first-order chi connectivity index (χ1) is 17.6. The molecular formula is C29H30N4O3. The minimum absolute atomic E-state index is 0.0710. The van der Waals surface area contributed by atoms with E-state index >= 15 is 0 Å². The van der Waals surface area contributed by atoms with Crippen molar-refractivity contribution in [3.63, 3.8) is 0 Å². The Morgan fingerprint density at radius 1 is 1.17 bits per heavy atom. The third kappa shape index (κ3) is 4.07. The molecule has 1 saturated carbocycles. The van der Waals surface area contributed by atoms with Crippen LogP contribution in [0.1, 0.15) is 54.8 Å². The summed E-state index contributed by atoms with van der Waals surface area (Å²) in [6, 6.07) is 12.6. The van der Waals surface area contributed by atoms with Crippen molar-refractivity contribution in [2.24, 2.45) is 5.92 Å². The molecule has 7 nitrogen and oxygen atoms in total. The zero-order chi connectivity index (χ0) is 24.6. The topological polar surface area (TPSA) is 101 Å². The number of rotatable bonds is 7. The second kappa shape index (κ2) is 9.47. The highest BCUT2D eigenvalue weighted by atomic mass is 16.5. The summed E-state index contributed by atoms with van der Waals surface area (Å²) in [7, 11) is 1.68. The highest BCUT2D eigenvalue weighted by Gasteiger charge is 2.28. The molecule has 0 aliphatic heterocycles. The van der Waals surface area contributed by atoms with Crippen LogP contribution in [0.3, 0.4) is 0 Å². The van der Waals surface area contributed by atoms with Crippen LogP contribution in [0, 0.1) is 5.92 Å². The lowest BCUT2D eigenvalue weighted by atomic mass is 9.97. The van der Waals surface area contributed by atoms with E-state index in [-0.39, 0.29) is 12.4 Å². The summed E-state index contributed by atoms with van der Waals surface area (Å²) >= 11 is 0. The number of aliphatic hydroxyl groups excluding tert-OH is 1. The maximum atomic E-state index is 11.6. The first-order valence-electron chi connectivity index (χ1n) is 12.8. The van der Waals surface area contributed by atoms with Crippen LogP contribution < -0.4 is 4.74 Å². The van der Waals surface area contributed by atoms with Crippen molar-refractivity contribution in [3.05, 3.63) is 59.4 Å². The number of hydrogen-bond donors (Lipinski definition) is 2. The first-order valence-corrected chi connectivity index (χ1v) is 12.8. The summed E-state index contributed by atoms with van der Waals surface area (Å²) in [6.07, 6.45) is 8.65. The highest BCUT2D eigenvalue weighted by molar-refractivity contribution is 5.93. The van der Waals surface area contributed by atoms with Crippen LogP contribution in [0.5, 0.6) is 5.75 Å². The summed E-state index contributed by atoms with van der Waals surface area (Å²) in [6.45, 7) is -0.361. The summed E-state index contributed by atoms with van der Waals surface area (Å²) in [5.41, 5.74) is 9.13. The van der Waals surface area contributed by atoms with Gasteiger partial charge in [-0.05, 0) is 67.7 Å². The van der Waals surface area contributed by atoms with E-state index in [0.29, 0.717) is 18.3 Å². The van der Waals surface area contributed by atoms with E-state index < -0.39 is 0 Å². The molecular weight excluding hydrogens is 452 g/mol. The van der Waals surface area contributed by atoms with Gasteiger partial charge in [0.25, 0.3) is 0 Å². The van der Waals surface area contributed by atoms with Crippen molar-refractivity contribution < 1.29 is 14.6 Å².